The third-order valence-corrected chi connectivity index (χ3v) is 2.27. The number of carbonyl (C=O) groups is 1. The van der Waals surface area contributed by atoms with E-state index in [2.05, 4.69) is 0 Å². The smallest absolute Gasteiger partial charge is 0.322 e. The lowest BCUT2D eigenvalue weighted by molar-refractivity contribution is -0.146. The van der Waals surface area contributed by atoms with Crippen molar-refractivity contribution in [2.24, 2.45) is 5.73 Å². The summed E-state index contributed by atoms with van der Waals surface area (Å²) >= 11 is 0. The molecule has 0 spiro atoms. The number of ether oxygens (including phenoxy) is 3. The van der Waals surface area contributed by atoms with Gasteiger partial charge in [0.05, 0.1) is 20.3 Å². The first kappa shape index (κ1) is 14.5. The fraction of sp³-hybridized carbons (Fsp3) is 0.462. The first-order valence-electron chi connectivity index (χ1n) is 5.76. The van der Waals surface area contributed by atoms with Gasteiger partial charge in [0.25, 0.3) is 0 Å². The largest absolute Gasteiger partial charge is 0.497 e. The van der Waals surface area contributed by atoms with Crippen molar-refractivity contribution in [1.29, 1.82) is 0 Å². The van der Waals surface area contributed by atoms with Crippen LogP contribution in [0, 0.1) is 0 Å². The second-order valence-electron chi connectivity index (χ2n) is 3.86. The molecule has 2 N–H and O–H groups in total. The van der Waals surface area contributed by atoms with Crippen LogP contribution in [0.1, 0.15) is 12.5 Å². The van der Waals surface area contributed by atoms with Crippen molar-refractivity contribution >= 4 is 5.97 Å². The van der Waals surface area contributed by atoms with E-state index in [0.29, 0.717) is 13.2 Å². The van der Waals surface area contributed by atoms with Crippen LogP contribution in [0.5, 0.6) is 5.75 Å². The van der Waals surface area contributed by atoms with Crippen LogP contribution in [0.2, 0.25) is 0 Å². The third-order valence-electron chi connectivity index (χ3n) is 2.27. The van der Waals surface area contributed by atoms with Gasteiger partial charge in [0, 0.05) is 0 Å². The van der Waals surface area contributed by atoms with Crippen molar-refractivity contribution in [2.75, 3.05) is 20.3 Å². The second kappa shape index (κ2) is 7.68. The van der Waals surface area contributed by atoms with E-state index in [1.165, 1.54) is 0 Å². The highest BCUT2D eigenvalue weighted by Crippen LogP contribution is 2.11. The molecule has 1 aromatic rings. The van der Waals surface area contributed by atoms with E-state index < -0.39 is 12.0 Å². The third kappa shape index (κ3) is 5.16. The van der Waals surface area contributed by atoms with Crippen LogP contribution >= 0.6 is 0 Å². The molecule has 0 fully saturated rings. The number of nitrogens with two attached hydrogens (primary N) is 1. The van der Waals surface area contributed by atoms with Gasteiger partial charge in [-0.1, -0.05) is 12.1 Å². The lowest BCUT2D eigenvalue weighted by atomic mass is 10.2. The van der Waals surface area contributed by atoms with E-state index in [1.807, 2.05) is 24.3 Å². The average molecular weight is 253 g/mol. The van der Waals surface area contributed by atoms with E-state index in [9.17, 15) is 4.79 Å². The average Bonchev–Trinajstić information content (AvgIpc) is 2.38. The monoisotopic (exact) mass is 253 g/mol. The summed E-state index contributed by atoms with van der Waals surface area (Å²) < 4.78 is 15.3. The number of esters is 1. The molecule has 1 atom stereocenters. The minimum Gasteiger partial charge on any atom is -0.497 e. The van der Waals surface area contributed by atoms with Gasteiger partial charge < -0.3 is 19.9 Å². The Balaban J connectivity index is 2.15. The Morgan fingerprint density at radius 3 is 2.50 bits per heavy atom. The highest BCUT2D eigenvalue weighted by atomic mass is 16.6. The first-order valence-corrected chi connectivity index (χ1v) is 5.76. The summed E-state index contributed by atoms with van der Waals surface area (Å²) in [5, 5.41) is 0. The van der Waals surface area contributed by atoms with Gasteiger partial charge >= 0.3 is 5.97 Å². The predicted octanol–water partition coefficient (Wildman–Crippen LogP) is 1.10. The molecule has 5 heteroatoms. The number of benzene rings is 1. The Hall–Kier alpha value is -1.59. The highest BCUT2D eigenvalue weighted by molar-refractivity contribution is 5.74. The number of hydrogen-bond donors (Lipinski definition) is 1. The van der Waals surface area contributed by atoms with Crippen LogP contribution in [-0.4, -0.2) is 32.3 Å². The molecule has 1 rings (SSSR count). The van der Waals surface area contributed by atoms with Gasteiger partial charge in [-0.15, -0.1) is 0 Å². The minimum atomic E-state index is -0.591. The van der Waals surface area contributed by atoms with Crippen molar-refractivity contribution in [3.8, 4) is 5.75 Å². The van der Waals surface area contributed by atoms with Crippen molar-refractivity contribution in [1.82, 2.24) is 0 Å². The van der Waals surface area contributed by atoms with E-state index >= 15 is 0 Å². The Bertz CT molecular complexity index is 362. The Morgan fingerprint density at radius 2 is 1.94 bits per heavy atom. The fourth-order valence-electron chi connectivity index (χ4n) is 1.24. The van der Waals surface area contributed by atoms with Crippen LogP contribution in [0.25, 0.3) is 0 Å². The molecule has 0 aromatic heterocycles. The molecule has 1 aromatic carbocycles. The molecule has 0 saturated carbocycles. The zero-order chi connectivity index (χ0) is 13.4. The Labute approximate surface area is 107 Å². The molecule has 0 radical (unpaired) electrons. The van der Waals surface area contributed by atoms with Crippen LogP contribution in [0.3, 0.4) is 0 Å². The predicted molar refractivity (Wildman–Crippen MR) is 67.3 cm³/mol. The van der Waals surface area contributed by atoms with Crippen LogP contribution in [-0.2, 0) is 20.9 Å². The maximum absolute atomic E-state index is 11.0. The zero-order valence-electron chi connectivity index (χ0n) is 10.7. The van der Waals surface area contributed by atoms with Gasteiger partial charge in [0.2, 0.25) is 0 Å². The normalized spacial score (nSPS) is 11.9. The van der Waals surface area contributed by atoms with Crippen molar-refractivity contribution in [3.05, 3.63) is 29.8 Å². The molecule has 18 heavy (non-hydrogen) atoms. The van der Waals surface area contributed by atoms with Crippen LogP contribution in [0.15, 0.2) is 24.3 Å². The summed E-state index contributed by atoms with van der Waals surface area (Å²) in [5.41, 5.74) is 6.38. The molecule has 5 nitrogen and oxygen atoms in total. The molecular weight excluding hydrogens is 234 g/mol. The van der Waals surface area contributed by atoms with E-state index in [4.69, 9.17) is 19.9 Å². The minimum absolute atomic E-state index is 0.219. The SMILES string of the molecule is COc1ccc(COCCOC(=O)[C@H](C)N)cc1. The Kier molecular flexibility index (Phi) is 6.18. The van der Waals surface area contributed by atoms with Gasteiger partial charge in [-0.3, -0.25) is 4.79 Å². The summed E-state index contributed by atoms with van der Waals surface area (Å²) in [6.07, 6.45) is 0. The van der Waals surface area contributed by atoms with Crippen molar-refractivity contribution in [2.45, 2.75) is 19.6 Å². The molecule has 100 valence electrons. The summed E-state index contributed by atoms with van der Waals surface area (Å²) in [6.45, 7) is 2.63. The van der Waals surface area contributed by atoms with Crippen LogP contribution < -0.4 is 10.5 Å². The van der Waals surface area contributed by atoms with Gasteiger partial charge in [-0.25, -0.2) is 0 Å². The lowest BCUT2D eigenvalue weighted by Crippen LogP contribution is -2.29. The quantitative estimate of drug-likeness (QED) is 0.582. The molecule has 0 amide bonds. The molecular formula is C13H19NO4. The molecule has 0 aliphatic heterocycles. The van der Waals surface area contributed by atoms with E-state index in [1.54, 1.807) is 14.0 Å². The van der Waals surface area contributed by atoms with Gasteiger partial charge in [0.15, 0.2) is 0 Å². The summed E-state index contributed by atoms with van der Waals surface area (Å²) in [5.74, 6) is 0.396. The number of hydrogen-bond acceptors (Lipinski definition) is 5. The highest BCUT2D eigenvalue weighted by Gasteiger charge is 2.07. The topological polar surface area (TPSA) is 70.8 Å². The first-order chi connectivity index (χ1) is 8.63. The Morgan fingerprint density at radius 1 is 1.28 bits per heavy atom. The zero-order valence-corrected chi connectivity index (χ0v) is 10.7. The van der Waals surface area contributed by atoms with Crippen molar-refractivity contribution in [3.63, 3.8) is 0 Å². The molecule has 0 bridgehead atoms. The number of carbonyl (C=O) groups excluding carboxylic acids is 1. The van der Waals surface area contributed by atoms with Crippen LogP contribution in [0.4, 0.5) is 0 Å². The molecule has 0 saturated heterocycles. The van der Waals surface area contributed by atoms with Gasteiger partial charge in [-0.05, 0) is 24.6 Å². The summed E-state index contributed by atoms with van der Waals surface area (Å²) in [4.78, 5) is 11.0. The van der Waals surface area contributed by atoms with E-state index in [-0.39, 0.29) is 6.61 Å². The molecule has 0 aliphatic rings. The summed E-state index contributed by atoms with van der Waals surface area (Å²) in [7, 11) is 1.62. The maximum atomic E-state index is 11.0. The van der Waals surface area contributed by atoms with Gasteiger partial charge in [0.1, 0.15) is 18.4 Å². The summed E-state index contributed by atoms with van der Waals surface area (Å²) in [6, 6.07) is 7.00. The fourth-order valence-corrected chi connectivity index (χ4v) is 1.24. The number of rotatable bonds is 7. The molecule has 0 heterocycles. The standard InChI is InChI=1S/C13H19NO4/c1-10(14)13(15)18-8-7-17-9-11-3-5-12(16-2)6-4-11/h3-6,10H,7-9,14H2,1-2H3/t10-/m0/s1. The second-order valence-corrected chi connectivity index (χ2v) is 3.86. The maximum Gasteiger partial charge on any atom is 0.322 e. The van der Waals surface area contributed by atoms with Crippen molar-refractivity contribution < 1.29 is 19.0 Å². The molecule has 0 unspecified atom stereocenters. The molecule has 0 aliphatic carbocycles. The van der Waals surface area contributed by atoms with E-state index in [0.717, 1.165) is 11.3 Å². The number of methoxy groups -OCH3 is 1. The van der Waals surface area contributed by atoms with Gasteiger partial charge in [-0.2, -0.15) is 0 Å². The lowest BCUT2D eigenvalue weighted by Gasteiger charge is -2.08.